The topological polar surface area (TPSA) is 30.5 Å². The molecule has 0 unspecified atom stereocenters. The standard InChI is InChI=1S/C16H20FNO2S/c1-2-6-18-7-15-12(10-20-11-8-19-9-11)16-13(17)4-3-5-14(16)21-15/h3-5,11,18H,2,6-10H2,1H3. The van der Waals surface area contributed by atoms with Crippen LogP contribution in [0.25, 0.3) is 10.1 Å². The van der Waals surface area contributed by atoms with Crippen LogP contribution >= 0.6 is 11.3 Å². The van der Waals surface area contributed by atoms with Crippen LogP contribution in [0.5, 0.6) is 0 Å². The number of benzene rings is 1. The van der Waals surface area contributed by atoms with E-state index in [9.17, 15) is 4.39 Å². The zero-order chi connectivity index (χ0) is 14.7. The van der Waals surface area contributed by atoms with Crippen molar-refractivity contribution in [3.05, 3.63) is 34.5 Å². The van der Waals surface area contributed by atoms with Gasteiger partial charge in [-0.05, 0) is 25.1 Å². The maximum absolute atomic E-state index is 14.2. The summed E-state index contributed by atoms with van der Waals surface area (Å²) in [5.41, 5.74) is 0.989. The first-order valence-electron chi connectivity index (χ1n) is 7.38. The van der Waals surface area contributed by atoms with Gasteiger partial charge in [0.05, 0.1) is 19.8 Å². The Morgan fingerprint density at radius 1 is 1.43 bits per heavy atom. The number of thiophene rings is 1. The second-order valence-electron chi connectivity index (χ2n) is 5.26. The Hall–Kier alpha value is -1.01. The molecule has 0 spiro atoms. The average Bonchev–Trinajstić information content (AvgIpc) is 2.77. The molecule has 0 radical (unpaired) electrons. The molecule has 1 aromatic heterocycles. The summed E-state index contributed by atoms with van der Waals surface area (Å²) in [5, 5.41) is 4.11. The third-order valence-electron chi connectivity index (χ3n) is 3.63. The maximum atomic E-state index is 14.2. The van der Waals surface area contributed by atoms with Crippen molar-refractivity contribution in [2.75, 3.05) is 19.8 Å². The van der Waals surface area contributed by atoms with Gasteiger partial charge in [-0.3, -0.25) is 0 Å². The Balaban J connectivity index is 1.85. The van der Waals surface area contributed by atoms with Gasteiger partial charge in [-0.2, -0.15) is 0 Å². The van der Waals surface area contributed by atoms with Crippen molar-refractivity contribution in [3.8, 4) is 0 Å². The zero-order valence-corrected chi connectivity index (χ0v) is 13.0. The molecule has 1 saturated heterocycles. The fourth-order valence-corrected chi connectivity index (χ4v) is 3.59. The van der Waals surface area contributed by atoms with E-state index in [1.807, 2.05) is 6.07 Å². The summed E-state index contributed by atoms with van der Waals surface area (Å²) in [6, 6.07) is 5.26. The van der Waals surface area contributed by atoms with Crippen LogP contribution in [0.1, 0.15) is 23.8 Å². The molecular formula is C16H20FNO2S. The predicted molar refractivity (Wildman–Crippen MR) is 83.2 cm³/mol. The van der Waals surface area contributed by atoms with Crippen molar-refractivity contribution in [3.63, 3.8) is 0 Å². The molecule has 0 amide bonds. The van der Waals surface area contributed by atoms with Crippen molar-refractivity contribution >= 4 is 21.4 Å². The Kier molecular flexibility index (Phi) is 4.85. The Morgan fingerprint density at radius 3 is 3.00 bits per heavy atom. The molecule has 21 heavy (non-hydrogen) atoms. The van der Waals surface area contributed by atoms with E-state index in [0.717, 1.165) is 35.2 Å². The molecule has 0 aliphatic carbocycles. The van der Waals surface area contributed by atoms with E-state index in [0.29, 0.717) is 19.8 Å². The summed E-state index contributed by atoms with van der Waals surface area (Å²) >= 11 is 1.65. The second-order valence-corrected chi connectivity index (χ2v) is 6.40. The molecule has 0 atom stereocenters. The minimum Gasteiger partial charge on any atom is -0.376 e. The van der Waals surface area contributed by atoms with E-state index in [-0.39, 0.29) is 11.9 Å². The molecule has 114 valence electrons. The van der Waals surface area contributed by atoms with Crippen molar-refractivity contribution < 1.29 is 13.9 Å². The highest BCUT2D eigenvalue weighted by Gasteiger charge is 2.21. The predicted octanol–water partition coefficient (Wildman–Crippen LogP) is 3.46. The quantitative estimate of drug-likeness (QED) is 0.795. The first kappa shape index (κ1) is 14.9. The van der Waals surface area contributed by atoms with Gasteiger partial charge in [0, 0.05) is 27.1 Å². The summed E-state index contributed by atoms with van der Waals surface area (Å²) in [6.07, 6.45) is 1.24. The second kappa shape index (κ2) is 6.83. The Labute approximate surface area is 128 Å². The van der Waals surface area contributed by atoms with Crippen molar-refractivity contribution in [2.45, 2.75) is 32.6 Å². The van der Waals surface area contributed by atoms with Gasteiger partial charge in [0.1, 0.15) is 11.9 Å². The molecule has 1 aliphatic rings. The Morgan fingerprint density at radius 2 is 2.29 bits per heavy atom. The number of fused-ring (bicyclic) bond motifs is 1. The number of hydrogen-bond donors (Lipinski definition) is 1. The van der Waals surface area contributed by atoms with Gasteiger partial charge in [0.15, 0.2) is 0 Å². The van der Waals surface area contributed by atoms with Crippen molar-refractivity contribution in [1.29, 1.82) is 0 Å². The molecular weight excluding hydrogens is 289 g/mol. The van der Waals surface area contributed by atoms with E-state index in [4.69, 9.17) is 9.47 Å². The number of ether oxygens (including phenoxy) is 2. The van der Waals surface area contributed by atoms with Crippen LogP contribution in [0, 0.1) is 5.82 Å². The molecule has 3 rings (SSSR count). The minimum atomic E-state index is -0.158. The van der Waals surface area contributed by atoms with Gasteiger partial charge in [-0.1, -0.05) is 13.0 Å². The average molecular weight is 309 g/mol. The van der Waals surface area contributed by atoms with Crippen LogP contribution in [0.2, 0.25) is 0 Å². The molecule has 3 nitrogen and oxygen atoms in total. The molecule has 5 heteroatoms. The highest BCUT2D eigenvalue weighted by atomic mass is 32.1. The lowest BCUT2D eigenvalue weighted by Gasteiger charge is -2.26. The lowest BCUT2D eigenvalue weighted by molar-refractivity contribution is -0.135. The molecule has 2 aromatic rings. The largest absolute Gasteiger partial charge is 0.376 e. The summed E-state index contributed by atoms with van der Waals surface area (Å²) in [6.45, 7) is 5.62. The smallest absolute Gasteiger partial charge is 0.132 e. The van der Waals surface area contributed by atoms with E-state index in [1.165, 1.54) is 10.9 Å². The van der Waals surface area contributed by atoms with Crippen LogP contribution in [0.3, 0.4) is 0 Å². The molecule has 1 fully saturated rings. The van der Waals surface area contributed by atoms with Gasteiger partial charge >= 0.3 is 0 Å². The molecule has 0 bridgehead atoms. The molecule has 0 saturated carbocycles. The van der Waals surface area contributed by atoms with Gasteiger partial charge < -0.3 is 14.8 Å². The number of rotatable bonds is 7. The van der Waals surface area contributed by atoms with Crippen LogP contribution in [-0.2, 0) is 22.6 Å². The zero-order valence-electron chi connectivity index (χ0n) is 12.2. The third-order valence-corrected chi connectivity index (χ3v) is 4.83. The highest BCUT2D eigenvalue weighted by Crippen LogP contribution is 2.34. The van der Waals surface area contributed by atoms with Gasteiger partial charge in [-0.15, -0.1) is 11.3 Å². The monoisotopic (exact) mass is 309 g/mol. The van der Waals surface area contributed by atoms with E-state index < -0.39 is 0 Å². The fraction of sp³-hybridized carbons (Fsp3) is 0.500. The number of halogens is 1. The lowest BCUT2D eigenvalue weighted by atomic mass is 10.1. The Bertz CT molecular complexity index is 610. The molecule has 1 aliphatic heterocycles. The van der Waals surface area contributed by atoms with Crippen LogP contribution in [0.4, 0.5) is 4.39 Å². The van der Waals surface area contributed by atoms with Gasteiger partial charge in [-0.25, -0.2) is 4.39 Å². The van der Waals surface area contributed by atoms with Crippen molar-refractivity contribution in [2.24, 2.45) is 0 Å². The van der Waals surface area contributed by atoms with E-state index in [1.54, 1.807) is 17.4 Å². The van der Waals surface area contributed by atoms with Crippen molar-refractivity contribution in [1.82, 2.24) is 5.32 Å². The first-order valence-corrected chi connectivity index (χ1v) is 8.20. The van der Waals surface area contributed by atoms with Gasteiger partial charge in [0.25, 0.3) is 0 Å². The normalized spacial score (nSPS) is 15.5. The molecule has 1 N–H and O–H groups in total. The summed E-state index contributed by atoms with van der Waals surface area (Å²) in [5.74, 6) is -0.158. The van der Waals surface area contributed by atoms with Crippen LogP contribution in [0.15, 0.2) is 18.2 Å². The first-order chi connectivity index (χ1) is 10.3. The summed E-state index contributed by atoms with van der Waals surface area (Å²) in [4.78, 5) is 1.17. The minimum absolute atomic E-state index is 0.156. The van der Waals surface area contributed by atoms with Crippen LogP contribution < -0.4 is 5.32 Å². The number of hydrogen-bond acceptors (Lipinski definition) is 4. The molecule has 2 heterocycles. The van der Waals surface area contributed by atoms with Crippen LogP contribution in [-0.4, -0.2) is 25.9 Å². The van der Waals surface area contributed by atoms with Gasteiger partial charge in [0.2, 0.25) is 0 Å². The maximum Gasteiger partial charge on any atom is 0.132 e. The summed E-state index contributed by atoms with van der Waals surface area (Å²) < 4.78 is 26.1. The fourth-order valence-electron chi connectivity index (χ4n) is 2.40. The highest BCUT2D eigenvalue weighted by molar-refractivity contribution is 7.19. The van der Waals surface area contributed by atoms with E-state index in [2.05, 4.69) is 12.2 Å². The SMILES string of the molecule is CCCNCc1sc2cccc(F)c2c1COC1COC1. The molecule has 1 aromatic carbocycles. The number of nitrogens with one attached hydrogen (secondary N) is 1. The van der Waals surface area contributed by atoms with E-state index >= 15 is 0 Å². The summed E-state index contributed by atoms with van der Waals surface area (Å²) in [7, 11) is 0. The lowest BCUT2D eigenvalue weighted by Crippen LogP contribution is -2.35. The third kappa shape index (κ3) is 3.26.